The SMILES string of the molecule is Cc1ccc(F)cc1Oc1cc(CNC(C)C)c(Cl)cn1. The fourth-order valence-corrected chi connectivity index (χ4v) is 1.93. The molecule has 0 aliphatic rings. The van der Waals surface area contributed by atoms with Crippen molar-refractivity contribution in [1.29, 1.82) is 0 Å². The number of pyridine rings is 1. The summed E-state index contributed by atoms with van der Waals surface area (Å²) in [5.41, 5.74) is 1.74. The minimum Gasteiger partial charge on any atom is -0.439 e. The molecule has 112 valence electrons. The molecule has 1 aromatic carbocycles. The standard InChI is InChI=1S/C16H18ClFN2O/c1-10(2)19-8-12-6-16(20-9-14(12)17)21-15-7-13(18)5-4-11(15)3/h4-7,9-10,19H,8H2,1-3H3. The summed E-state index contributed by atoms with van der Waals surface area (Å²) in [6, 6.07) is 6.53. The number of aromatic nitrogens is 1. The first-order valence-electron chi connectivity index (χ1n) is 6.77. The van der Waals surface area contributed by atoms with Crippen LogP contribution in [0.2, 0.25) is 5.02 Å². The molecule has 0 saturated carbocycles. The molecule has 0 amide bonds. The van der Waals surface area contributed by atoms with E-state index in [-0.39, 0.29) is 5.82 Å². The lowest BCUT2D eigenvalue weighted by Crippen LogP contribution is -2.22. The fourth-order valence-electron chi connectivity index (χ4n) is 1.76. The van der Waals surface area contributed by atoms with E-state index in [0.29, 0.717) is 29.2 Å². The molecule has 3 nitrogen and oxygen atoms in total. The third-order valence-corrected chi connectivity index (χ3v) is 3.32. The first kappa shape index (κ1) is 15.7. The predicted molar refractivity (Wildman–Crippen MR) is 82.4 cm³/mol. The van der Waals surface area contributed by atoms with Crippen molar-refractivity contribution in [3.05, 3.63) is 52.4 Å². The molecule has 0 aliphatic heterocycles. The van der Waals surface area contributed by atoms with Crippen LogP contribution in [0.3, 0.4) is 0 Å². The molecule has 1 heterocycles. The average Bonchev–Trinajstić information content (AvgIpc) is 2.43. The summed E-state index contributed by atoms with van der Waals surface area (Å²) < 4.78 is 18.9. The maximum absolute atomic E-state index is 13.3. The lowest BCUT2D eigenvalue weighted by Gasteiger charge is -2.12. The maximum atomic E-state index is 13.3. The Labute approximate surface area is 129 Å². The highest BCUT2D eigenvalue weighted by Gasteiger charge is 2.08. The Balaban J connectivity index is 2.20. The zero-order valence-corrected chi connectivity index (χ0v) is 13.0. The van der Waals surface area contributed by atoms with Gasteiger partial charge in [0.25, 0.3) is 0 Å². The minimum atomic E-state index is -0.341. The topological polar surface area (TPSA) is 34.1 Å². The molecule has 21 heavy (non-hydrogen) atoms. The lowest BCUT2D eigenvalue weighted by atomic mass is 10.2. The Bertz CT molecular complexity index is 632. The number of aryl methyl sites for hydroxylation is 1. The van der Waals surface area contributed by atoms with Crippen LogP contribution >= 0.6 is 11.6 Å². The van der Waals surface area contributed by atoms with Gasteiger partial charge in [0.15, 0.2) is 0 Å². The molecule has 1 N–H and O–H groups in total. The monoisotopic (exact) mass is 308 g/mol. The van der Waals surface area contributed by atoms with E-state index in [4.69, 9.17) is 16.3 Å². The van der Waals surface area contributed by atoms with Crippen LogP contribution in [0.1, 0.15) is 25.0 Å². The highest BCUT2D eigenvalue weighted by Crippen LogP contribution is 2.27. The van der Waals surface area contributed by atoms with E-state index in [1.54, 1.807) is 18.3 Å². The van der Waals surface area contributed by atoms with E-state index in [1.807, 2.05) is 6.92 Å². The number of rotatable bonds is 5. The van der Waals surface area contributed by atoms with Crippen molar-refractivity contribution in [2.45, 2.75) is 33.4 Å². The van der Waals surface area contributed by atoms with Gasteiger partial charge in [0.05, 0.1) is 5.02 Å². The van der Waals surface area contributed by atoms with E-state index >= 15 is 0 Å². The molecule has 0 atom stereocenters. The molecule has 0 spiro atoms. The highest BCUT2D eigenvalue weighted by atomic mass is 35.5. The van der Waals surface area contributed by atoms with Crippen LogP contribution in [0.4, 0.5) is 4.39 Å². The molecule has 0 radical (unpaired) electrons. The van der Waals surface area contributed by atoms with Gasteiger partial charge in [0, 0.05) is 30.9 Å². The van der Waals surface area contributed by atoms with Crippen LogP contribution in [0.25, 0.3) is 0 Å². The third kappa shape index (κ3) is 4.41. The van der Waals surface area contributed by atoms with Crippen LogP contribution in [0, 0.1) is 12.7 Å². The van der Waals surface area contributed by atoms with Crippen molar-refractivity contribution >= 4 is 11.6 Å². The molecule has 0 aliphatic carbocycles. The fraction of sp³-hybridized carbons (Fsp3) is 0.312. The van der Waals surface area contributed by atoms with Gasteiger partial charge in [-0.3, -0.25) is 0 Å². The van der Waals surface area contributed by atoms with Crippen molar-refractivity contribution in [3.8, 4) is 11.6 Å². The van der Waals surface area contributed by atoms with E-state index < -0.39 is 0 Å². The molecular formula is C16H18ClFN2O. The second kappa shape index (κ2) is 6.87. The van der Waals surface area contributed by atoms with Crippen molar-refractivity contribution in [3.63, 3.8) is 0 Å². The van der Waals surface area contributed by atoms with Gasteiger partial charge >= 0.3 is 0 Å². The third-order valence-electron chi connectivity index (χ3n) is 2.98. The van der Waals surface area contributed by atoms with E-state index in [0.717, 1.165) is 11.1 Å². The van der Waals surface area contributed by atoms with Crippen LogP contribution in [-0.4, -0.2) is 11.0 Å². The second-order valence-electron chi connectivity index (χ2n) is 5.16. The molecule has 5 heteroatoms. The van der Waals surface area contributed by atoms with Crippen molar-refractivity contribution < 1.29 is 9.13 Å². The number of hydrogen-bond donors (Lipinski definition) is 1. The van der Waals surface area contributed by atoms with Crippen molar-refractivity contribution in [1.82, 2.24) is 10.3 Å². The van der Waals surface area contributed by atoms with Gasteiger partial charge in [-0.2, -0.15) is 0 Å². The summed E-state index contributed by atoms with van der Waals surface area (Å²) in [5.74, 6) is 0.507. The highest BCUT2D eigenvalue weighted by molar-refractivity contribution is 6.31. The Morgan fingerprint density at radius 2 is 2.10 bits per heavy atom. The minimum absolute atomic E-state index is 0.341. The molecule has 2 aromatic rings. The maximum Gasteiger partial charge on any atom is 0.219 e. The number of nitrogens with zero attached hydrogens (tertiary/aromatic N) is 1. The normalized spacial score (nSPS) is 11.0. The smallest absolute Gasteiger partial charge is 0.219 e. The van der Waals surface area contributed by atoms with E-state index in [1.165, 1.54) is 12.1 Å². The summed E-state index contributed by atoms with van der Waals surface area (Å²) in [7, 11) is 0. The van der Waals surface area contributed by atoms with Crippen molar-refractivity contribution in [2.75, 3.05) is 0 Å². The Morgan fingerprint density at radius 1 is 1.33 bits per heavy atom. The first-order chi connectivity index (χ1) is 9.95. The lowest BCUT2D eigenvalue weighted by molar-refractivity contribution is 0.453. The number of hydrogen-bond acceptors (Lipinski definition) is 3. The number of ether oxygens (including phenoxy) is 1. The Hall–Kier alpha value is -1.65. The number of nitrogens with one attached hydrogen (secondary N) is 1. The summed E-state index contributed by atoms with van der Waals surface area (Å²) in [4.78, 5) is 4.13. The van der Waals surface area contributed by atoms with Crippen LogP contribution in [-0.2, 0) is 6.54 Å². The zero-order valence-electron chi connectivity index (χ0n) is 12.3. The molecule has 1 aromatic heterocycles. The number of benzene rings is 1. The first-order valence-corrected chi connectivity index (χ1v) is 7.15. The van der Waals surface area contributed by atoms with E-state index in [2.05, 4.69) is 24.1 Å². The molecular weight excluding hydrogens is 291 g/mol. The van der Waals surface area contributed by atoms with Crippen LogP contribution in [0.5, 0.6) is 11.6 Å². The van der Waals surface area contributed by atoms with Gasteiger partial charge in [0.1, 0.15) is 11.6 Å². The summed E-state index contributed by atoms with van der Waals surface area (Å²) in [6.07, 6.45) is 1.54. The summed E-state index contributed by atoms with van der Waals surface area (Å²) in [5, 5.41) is 3.86. The van der Waals surface area contributed by atoms with Crippen LogP contribution < -0.4 is 10.1 Å². The largest absolute Gasteiger partial charge is 0.439 e. The van der Waals surface area contributed by atoms with Crippen molar-refractivity contribution in [2.24, 2.45) is 0 Å². The van der Waals surface area contributed by atoms with Gasteiger partial charge in [-0.1, -0.05) is 31.5 Å². The molecule has 0 unspecified atom stereocenters. The summed E-state index contributed by atoms with van der Waals surface area (Å²) in [6.45, 7) is 6.59. The van der Waals surface area contributed by atoms with Gasteiger partial charge in [-0.15, -0.1) is 0 Å². The van der Waals surface area contributed by atoms with Gasteiger partial charge in [0.2, 0.25) is 5.88 Å². The molecule has 0 fully saturated rings. The van der Waals surface area contributed by atoms with Crippen LogP contribution in [0.15, 0.2) is 30.5 Å². The summed E-state index contributed by atoms with van der Waals surface area (Å²) >= 11 is 6.12. The number of halogens is 2. The second-order valence-corrected chi connectivity index (χ2v) is 5.57. The Kier molecular flexibility index (Phi) is 5.15. The molecule has 0 bridgehead atoms. The average molecular weight is 309 g/mol. The van der Waals surface area contributed by atoms with Gasteiger partial charge in [-0.05, 0) is 24.1 Å². The zero-order chi connectivity index (χ0) is 15.4. The Morgan fingerprint density at radius 3 is 2.81 bits per heavy atom. The predicted octanol–water partition coefficient (Wildman–Crippen LogP) is 4.47. The van der Waals surface area contributed by atoms with Gasteiger partial charge < -0.3 is 10.1 Å². The molecule has 2 rings (SSSR count). The molecule has 0 saturated heterocycles. The van der Waals surface area contributed by atoms with Gasteiger partial charge in [-0.25, -0.2) is 9.37 Å². The quantitative estimate of drug-likeness (QED) is 0.884. The van der Waals surface area contributed by atoms with E-state index in [9.17, 15) is 4.39 Å².